The largest absolute Gasteiger partial charge is 0.348 e. The smallest absolute Gasteiger partial charge is 0.237 e. The van der Waals surface area contributed by atoms with Crippen LogP contribution in [-0.4, -0.2) is 5.18 Å². The molecule has 0 aliphatic carbocycles. The van der Waals surface area contributed by atoms with Crippen molar-refractivity contribution in [2.45, 2.75) is 11.8 Å². The number of hydrogen-bond donors (Lipinski definition) is 1. The van der Waals surface area contributed by atoms with E-state index in [1.54, 1.807) is 12.3 Å². The molecule has 0 bridgehead atoms. The first-order valence-electron chi connectivity index (χ1n) is 4.77. The third-order valence-electron chi connectivity index (χ3n) is 2.09. The molecule has 3 heteroatoms. The first kappa shape index (κ1) is 10.3. The van der Waals surface area contributed by atoms with Crippen LogP contribution in [0.2, 0.25) is 0 Å². The molecule has 1 aromatic carbocycles. The lowest BCUT2D eigenvalue weighted by Gasteiger charge is -2.25. The molecule has 1 aromatic rings. The van der Waals surface area contributed by atoms with Gasteiger partial charge in [-0.25, -0.2) is 0 Å². The summed E-state index contributed by atoms with van der Waals surface area (Å²) in [6, 6.07) is 9.93. The Kier molecular flexibility index (Phi) is 3.09. The standard InChI is InChI=1S/C12H12ClNO/c13-12(8-4-5-9-14-12)15-10-11-6-2-1-3-7-11/h1-9,14H,10H2. The molecule has 0 saturated carbocycles. The topological polar surface area (TPSA) is 21.3 Å². The van der Waals surface area contributed by atoms with Crippen LogP contribution in [0.4, 0.5) is 0 Å². The molecule has 0 spiro atoms. The van der Waals surface area contributed by atoms with Gasteiger partial charge in [0.05, 0.1) is 6.61 Å². The number of dihydropyridines is 1. The lowest BCUT2D eigenvalue weighted by molar-refractivity contribution is 0.0257. The Morgan fingerprint density at radius 2 is 2.00 bits per heavy atom. The minimum absolute atomic E-state index is 0.482. The molecule has 78 valence electrons. The zero-order valence-electron chi connectivity index (χ0n) is 8.19. The van der Waals surface area contributed by atoms with E-state index in [0.717, 1.165) is 5.56 Å². The van der Waals surface area contributed by atoms with E-state index in [1.807, 2.05) is 42.5 Å². The summed E-state index contributed by atoms with van der Waals surface area (Å²) < 4.78 is 5.57. The summed E-state index contributed by atoms with van der Waals surface area (Å²) in [5.74, 6) is 0. The normalized spacial score (nSPS) is 23.8. The van der Waals surface area contributed by atoms with Gasteiger partial charge in [-0.05, 0) is 17.7 Å². The lowest BCUT2D eigenvalue weighted by Crippen LogP contribution is -2.38. The number of rotatable bonds is 3. The Morgan fingerprint density at radius 1 is 1.20 bits per heavy atom. The third kappa shape index (κ3) is 2.85. The third-order valence-corrected chi connectivity index (χ3v) is 2.43. The highest BCUT2D eigenvalue weighted by Gasteiger charge is 2.23. The van der Waals surface area contributed by atoms with Gasteiger partial charge in [0.2, 0.25) is 5.18 Å². The molecule has 1 heterocycles. The Hall–Kier alpha value is -1.25. The van der Waals surface area contributed by atoms with Crippen molar-refractivity contribution >= 4 is 11.6 Å². The molecule has 1 unspecified atom stereocenters. The number of nitrogens with one attached hydrogen (secondary N) is 1. The zero-order chi connectivity index (χ0) is 10.6. The number of halogens is 1. The van der Waals surface area contributed by atoms with Crippen molar-refractivity contribution in [1.82, 2.24) is 5.32 Å². The van der Waals surface area contributed by atoms with Crippen molar-refractivity contribution in [2.75, 3.05) is 0 Å². The van der Waals surface area contributed by atoms with Gasteiger partial charge in [0.1, 0.15) is 0 Å². The highest BCUT2D eigenvalue weighted by atomic mass is 35.5. The van der Waals surface area contributed by atoms with E-state index < -0.39 is 5.18 Å². The van der Waals surface area contributed by atoms with Gasteiger partial charge in [-0.2, -0.15) is 0 Å². The van der Waals surface area contributed by atoms with Crippen molar-refractivity contribution in [2.24, 2.45) is 0 Å². The molecule has 1 aliphatic heterocycles. The Morgan fingerprint density at radius 3 is 2.67 bits per heavy atom. The average Bonchev–Trinajstić information content (AvgIpc) is 2.29. The molecule has 1 aliphatic rings. The fraction of sp³-hybridized carbons (Fsp3) is 0.167. The number of alkyl halides is 1. The molecular formula is C12H12ClNO. The van der Waals surface area contributed by atoms with Crippen LogP contribution in [-0.2, 0) is 11.3 Å². The van der Waals surface area contributed by atoms with Crippen LogP contribution in [0.3, 0.4) is 0 Å². The van der Waals surface area contributed by atoms with Gasteiger partial charge >= 0.3 is 0 Å². The summed E-state index contributed by atoms with van der Waals surface area (Å²) in [4.78, 5) is 0. The second-order valence-electron chi connectivity index (χ2n) is 3.28. The number of allylic oxidation sites excluding steroid dienone is 2. The molecular weight excluding hydrogens is 210 g/mol. The SMILES string of the molecule is ClC1(OCc2ccccc2)C=CC=CN1. The maximum atomic E-state index is 6.15. The van der Waals surface area contributed by atoms with Crippen LogP contribution < -0.4 is 5.32 Å². The van der Waals surface area contributed by atoms with Gasteiger partial charge in [0, 0.05) is 6.20 Å². The maximum absolute atomic E-state index is 6.15. The van der Waals surface area contributed by atoms with Crippen LogP contribution in [0.15, 0.2) is 54.8 Å². The summed E-state index contributed by atoms with van der Waals surface area (Å²) in [7, 11) is 0. The Balaban J connectivity index is 1.93. The molecule has 15 heavy (non-hydrogen) atoms. The second-order valence-corrected chi connectivity index (χ2v) is 3.84. The van der Waals surface area contributed by atoms with Gasteiger partial charge in [0.25, 0.3) is 0 Å². The predicted octanol–water partition coefficient (Wildman–Crippen LogP) is 2.77. The monoisotopic (exact) mass is 221 g/mol. The van der Waals surface area contributed by atoms with Crippen molar-refractivity contribution in [1.29, 1.82) is 0 Å². The van der Waals surface area contributed by atoms with Crippen LogP contribution in [0.1, 0.15) is 5.56 Å². The fourth-order valence-corrected chi connectivity index (χ4v) is 1.49. The Bertz CT molecular complexity index is 374. The van der Waals surface area contributed by atoms with Gasteiger partial charge in [-0.1, -0.05) is 48.0 Å². The van der Waals surface area contributed by atoms with E-state index in [0.29, 0.717) is 6.61 Å². The van der Waals surface area contributed by atoms with Gasteiger partial charge in [-0.3, -0.25) is 0 Å². The van der Waals surface area contributed by atoms with E-state index in [4.69, 9.17) is 16.3 Å². The van der Waals surface area contributed by atoms with E-state index in [2.05, 4.69) is 5.32 Å². The highest BCUT2D eigenvalue weighted by Crippen LogP contribution is 2.19. The zero-order valence-corrected chi connectivity index (χ0v) is 8.95. The summed E-state index contributed by atoms with van der Waals surface area (Å²) in [5.41, 5.74) is 1.10. The first-order valence-corrected chi connectivity index (χ1v) is 5.15. The van der Waals surface area contributed by atoms with Crippen molar-refractivity contribution < 1.29 is 4.74 Å². The minimum Gasteiger partial charge on any atom is -0.348 e. The molecule has 1 atom stereocenters. The summed E-state index contributed by atoms with van der Waals surface area (Å²) in [6.07, 6.45) is 7.26. The van der Waals surface area contributed by atoms with E-state index in [-0.39, 0.29) is 0 Å². The van der Waals surface area contributed by atoms with Gasteiger partial charge in [-0.15, -0.1) is 0 Å². The Labute approximate surface area is 94.2 Å². The van der Waals surface area contributed by atoms with E-state index >= 15 is 0 Å². The maximum Gasteiger partial charge on any atom is 0.237 e. The quantitative estimate of drug-likeness (QED) is 0.626. The molecule has 0 saturated heterocycles. The summed E-state index contributed by atoms with van der Waals surface area (Å²) in [5, 5.41) is 2.03. The fourth-order valence-electron chi connectivity index (χ4n) is 1.30. The van der Waals surface area contributed by atoms with E-state index in [1.165, 1.54) is 0 Å². The number of hydrogen-bond acceptors (Lipinski definition) is 2. The number of ether oxygens (including phenoxy) is 1. The summed E-state index contributed by atoms with van der Waals surface area (Å²) >= 11 is 6.15. The molecule has 0 radical (unpaired) electrons. The van der Waals surface area contributed by atoms with E-state index in [9.17, 15) is 0 Å². The van der Waals surface area contributed by atoms with Gasteiger partial charge < -0.3 is 10.1 Å². The molecule has 0 aromatic heterocycles. The molecule has 2 nitrogen and oxygen atoms in total. The number of benzene rings is 1. The van der Waals surface area contributed by atoms with Crippen molar-refractivity contribution in [3.8, 4) is 0 Å². The highest BCUT2D eigenvalue weighted by molar-refractivity contribution is 6.24. The molecule has 0 amide bonds. The van der Waals surface area contributed by atoms with Crippen LogP contribution in [0.5, 0.6) is 0 Å². The predicted molar refractivity (Wildman–Crippen MR) is 61.2 cm³/mol. The molecule has 2 rings (SSSR count). The second kappa shape index (κ2) is 4.51. The van der Waals surface area contributed by atoms with Crippen molar-refractivity contribution in [3.63, 3.8) is 0 Å². The lowest BCUT2D eigenvalue weighted by atomic mass is 10.2. The van der Waals surface area contributed by atoms with Crippen LogP contribution >= 0.6 is 11.6 Å². The molecule has 1 N–H and O–H groups in total. The minimum atomic E-state index is -0.912. The average molecular weight is 222 g/mol. The molecule has 0 fully saturated rings. The van der Waals surface area contributed by atoms with Crippen molar-refractivity contribution in [3.05, 3.63) is 60.3 Å². The summed E-state index contributed by atoms with van der Waals surface area (Å²) in [6.45, 7) is 0.482. The van der Waals surface area contributed by atoms with Gasteiger partial charge in [0.15, 0.2) is 0 Å². The van der Waals surface area contributed by atoms with Crippen LogP contribution in [0, 0.1) is 0 Å². The first-order chi connectivity index (χ1) is 7.29. The van der Waals surface area contributed by atoms with Crippen LogP contribution in [0.25, 0.3) is 0 Å².